The molecular formula is C14H28N2O. The molecule has 2 fully saturated rings. The van der Waals surface area contributed by atoms with Crippen LogP contribution in [0.2, 0.25) is 0 Å². The van der Waals surface area contributed by atoms with Gasteiger partial charge in [0, 0.05) is 24.7 Å². The van der Waals surface area contributed by atoms with Gasteiger partial charge in [-0.2, -0.15) is 0 Å². The van der Waals surface area contributed by atoms with Crippen molar-refractivity contribution in [2.75, 3.05) is 26.3 Å². The van der Waals surface area contributed by atoms with Gasteiger partial charge < -0.3 is 10.1 Å². The molecule has 2 rings (SSSR count). The topological polar surface area (TPSA) is 24.5 Å². The van der Waals surface area contributed by atoms with Gasteiger partial charge in [-0.1, -0.05) is 13.3 Å². The van der Waals surface area contributed by atoms with Crippen molar-refractivity contribution in [2.24, 2.45) is 0 Å². The standard InChI is InChI=1S/C14H28N2O/c1-3-8-15-13-7-10-17-11-14(13)16-9-5-4-6-12(16)2/h12-15H,3-11H2,1-2H3. The molecule has 0 aromatic rings. The van der Waals surface area contributed by atoms with Crippen molar-refractivity contribution >= 4 is 0 Å². The lowest BCUT2D eigenvalue weighted by Crippen LogP contribution is -2.58. The largest absolute Gasteiger partial charge is 0.380 e. The van der Waals surface area contributed by atoms with Crippen molar-refractivity contribution < 1.29 is 4.74 Å². The van der Waals surface area contributed by atoms with Crippen LogP contribution in [0.1, 0.15) is 46.0 Å². The van der Waals surface area contributed by atoms with E-state index in [2.05, 4.69) is 24.1 Å². The highest BCUT2D eigenvalue weighted by Crippen LogP contribution is 2.23. The number of nitrogens with zero attached hydrogens (tertiary/aromatic N) is 1. The van der Waals surface area contributed by atoms with Gasteiger partial charge >= 0.3 is 0 Å². The van der Waals surface area contributed by atoms with Crippen LogP contribution in [0.25, 0.3) is 0 Å². The van der Waals surface area contributed by atoms with Gasteiger partial charge in [0.25, 0.3) is 0 Å². The fourth-order valence-electron chi connectivity index (χ4n) is 3.23. The zero-order valence-electron chi connectivity index (χ0n) is 11.5. The maximum absolute atomic E-state index is 5.71. The second kappa shape index (κ2) is 6.72. The number of hydrogen-bond acceptors (Lipinski definition) is 3. The van der Waals surface area contributed by atoms with Crippen LogP contribution in [0.15, 0.2) is 0 Å². The highest BCUT2D eigenvalue weighted by molar-refractivity contribution is 4.90. The molecule has 2 aliphatic rings. The maximum Gasteiger partial charge on any atom is 0.0637 e. The molecule has 17 heavy (non-hydrogen) atoms. The van der Waals surface area contributed by atoms with E-state index in [0.717, 1.165) is 25.8 Å². The van der Waals surface area contributed by atoms with Gasteiger partial charge in [0.15, 0.2) is 0 Å². The molecule has 0 spiro atoms. The lowest BCUT2D eigenvalue weighted by Gasteiger charge is -2.45. The zero-order valence-corrected chi connectivity index (χ0v) is 11.5. The van der Waals surface area contributed by atoms with Gasteiger partial charge in [0.2, 0.25) is 0 Å². The molecule has 0 bridgehead atoms. The first-order valence-electron chi connectivity index (χ1n) is 7.39. The van der Waals surface area contributed by atoms with Gasteiger partial charge in [-0.3, -0.25) is 4.90 Å². The first-order valence-corrected chi connectivity index (χ1v) is 7.39. The van der Waals surface area contributed by atoms with E-state index in [-0.39, 0.29) is 0 Å². The van der Waals surface area contributed by atoms with Crippen LogP contribution in [-0.2, 0) is 4.74 Å². The summed E-state index contributed by atoms with van der Waals surface area (Å²) in [5.41, 5.74) is 0. The molecule has 1 N–H and O–H groups in total. The summed E-state index contributed by atoms with van der Waals surface area (Å²) in [6, 6.07) is 1.98. The molecule has 0 aromatic carbocycles. The number of piperidine rings is 1. The van der Waals surface area contributed by atoms with E-state index >= 15 is 0 Å². The van der Waals surface area contributed by atoms with Gasteiger partial charge in [-0.15, -0.1) is 0 Å². The predicted octanol–water partition coefficient (Wildman–Crippen LogP) is 2.02. The van der Waals surface area contributed by atoms with Crippen LogP contribution in [0.5, 0.6) is 0 Å². The zero-order chi connectivity index (χ0) is 12.1. The summed E-state index contributed by atoms with van der Waals surface area (Å²) < 4.78 is 5.71. The average molecular weight is 240 g/mol. The molecular weight excluding hydrogens is 212 g/mol. The van der Waals surface area contributed by atoms with Gasteiger partial charge in [0.05, 0.1) is 6.61 Å². The van der Waals surface area contributed by atoms with E-state index in [9.17, 15) is 0 Å². The molecule has 0 saturated carbocycles. The molecule has 3 heteroatoms. The predicted molar refractivity (Wildman–Crippen MR) is 71.3 cm³/mol. The summed E-state index contributed by atoms with van der Waals surface area (Å²) in [4.78, 5) is 2.69. The van der Waals surface area contributed by atoms with E-state index < -0.39 is 0 Å². The summed E-state index contributed by atoms with van der Waals surface area (Å²) in [5.74, 6) is 0. The Balaban J connectivity index is 1.94. The molecule has 3 nitrogen and oxygen atoms in total. The fourth-order valence-corrected chi connectivity index (χ4v) is 3.23. The van der Waals surface area contributed by atoms with Crippen molar-refractivity contribution in [3.8, 4) is 0 Å². The maximum atomic E-state index is 5.71. The summed E-state index contributed by atoms with van der Waals surface area (Å²) in [6.07, 6.45) is 6.52. The van der Waals surface area contributed by atoms with E-state index in [1.807, 2.05) is 0 Å². The fraction of sp³-hybridized carbons (Fsp3) is 1.00. The number of likely N-dealkylation sites (tertiary alicyclic amines) is 1. The Kier molecular flexibility index (Phi) is 5.26. The van der Waals surface area contributed by atoms with Crippen LogP contribution in [-0.4, -0.2) is 49.3 Å². The molecule has 2 saturated heterocycles. The van der Waals surface area contributed by atoms with Gasteiger partial charge in [0.1, 0.15) is 0 Å². The Morgan fingerprint density at radius 3 is 2.94 bits per heavy atom. The molecule has 3 atom stereocenters. The van der Waals surface area contributed by atoms with Crippen molar-refractivity contribution in [2.45, 2.75) is 64.1 Å². The summed E-state index contributed by atoms with van der Waals surface area (Å²) in [7, 11) is 0. The van der Waals surface area contributed by atoms with Crippen molar-refractivity contribution in [1.29, 1.82) is 0 Å². The number of nitrogens with one attached hydrogen (secondary N) is 1. The minimum Gasteiger partial charge on any atom is -0.380 e. The summed E-state index contributed by atoms with van der Waals surface area (Å²) in [6.45, 7) is 8.88. The second-order valence-electron chi connectivity index (χ2n) is 5.57. The Hall–Kier alpha value is -0.120. The first kappa shape index (κ1) is 13.3. The summed E-state index contributed by atoms with van der Waals surface area (Å²) in [5, 5.41) is 3.72. The lowest BCUT2D eigenvalue weighted by molar-refractivity contribution is -0.0264. The Morgan fingerprint density at radius 2 is 2.18 bits per heavy atom. The van der Waals surface area contributed by atoms with Crippen LogP contribution in [0.3, 0.4) is 0 Å². The van der Waals surface area contributed by atoms with E-state index in [1.165, 1.54) is 38.6 Å². The van der Waals surface area contributed by atoms with Crippen LogP contribution < -0.4 is 5.32 Å². The monoisotopic (exact) mass is 240 g/mol. The third-order valence-corrected chi connectivity index (χ3v) is 4.26. The van der Waals surface area contributed by atoms with E-state index in [0.29, 0.717) is 12.1 Å². The number of rotatable bonds is 4. The SMILES string of the molecule is CCCNC1CCOCC1N1CCCCC1C. The van der Waals surface area contributed by atoms with Gasteiger partial charge in [-0.25, -0.2) is 0 Å². The third kappa shape index (κ3) is 3.43. The molecule has 0 amide bonds. The molecule has 0 aliphatic carbocycles. The average Bonchev–Trinajstić information content (AvgIpc) is 2.37. The minimum atomic E-state index is 0.602. The molecule has 0 aromatic heterocycles. The smallest absolute Gasteiger partial charge is 0.0637 e. The van der Waals surface area contributed by atoms with E-state index in [1.54, 1.807) is 0 Å². The Labute approximate surface area is 106 Å². The Morgan fingerprint density at radius 1 is 1.29 bits per heavy atom. The quantitative estimate of drug-likeness (QED) is 0.813. The summed E-state index contributed by atoms with van der Waals surface area (Å²) >= 11 is 0. The third-order valence-electron chi connectivity index (χ3n) is 4.26. The van der Waals surface area contributed by atoms with Gasteiger partial charge in [-0.05, 0) is 45.7 Å². The van der Waals surface area contributed by atoms with Crippen molar-refractivity contribution in [3.05, 3.63) is 0 Å². The lowest BCUT2D eigenvalue weighted by atomic mass is 9.95. The first-order chi connectivity index (χ1) is 8.33. The van der Waals surface area contributed by atoms with Crippen molar-refractivity contribution in [3.63, 3.8) is 0 Å². The molecule has 2 aliphatic heterocycles. The second-order valence-corrected chi connectivity index (χ2v) is 5.57. The normalized spacial score (nSPS) is 36.0. The highest BCUT2D eigenvalue weighted by Gasteiger charge is 2.33. The van der Waals surface area contributed by atoms with Crippen molar-refractivity contribution in [1.82, 2.24) is 10.2 Å². The minimum absolute atomic E-state index is 0.602. The highest BCUT2D eigenvalue weighted by atomic mass is 16.5. The van der Waals surface area contributed by atoms with Crippen LogP contribution in [0.4, 0.5) is 0 Å². The van der Waals surface area contributed by atoms with E-state index in [4.69, 9.17) is 4.74 Å². The molecule has 2 heterocycles. The number of ether oxygens (including phenoxy) is 1. The van der Waals surface area contributed by atoms with Crippen LogP contribution in [0, 0.1) is 0 Å². The molecule has 3 unspecified atom stereocenters. The Bertz CT molecular complexity index is 222. The molecule has 0 radical (unpaired) electrons. The number of hydrogen-bond donors (Lipinski definition) is 1. The molecule has 100 valence electrons. The van der Waals surface area contributed by atoms with Crippen LogP contribution >= 0.6 is 0 Å².